The van der Waals surface area contributed by atoms with E-state index in [1.807, 2.05) is 39.8 Å². The molecule has 0 amide bonds. The van der Waals surface area contributed by atoms with Gasteiger partial charge in [0.05, 0.1) is 6.04 Å². The minimum Gasteiger partial charge on any atom is -0.362 e. The van der Waals surface area contributed by atoms with Crippen LogP contribution >= 0.6 is 0 Å². The Hall–Kier alpha value is -3.44. The lowest BCUT2D eigenvalue weighted by molar-refractivity contribution is 0.297. The first-order valence-corrected chi connectivity index (χ1v) is 13.0. The minimum absolute atomic E-state index is 0.325. The fourth-order valence-corrected chi connectivity index (χ4v) is 4.55. The summed E-state index contributed by atoms with van der Waals surface area (Å²) in [6, 6.07) is 6.93. The van der Waals surface area contributed by atoms with Gasteiger partial charge >= 0.3 is 0 Å². The fraction of sp³-hybridized carbons (Fsp3) is 0.353. The summed E-state index contributed by atoms with van der Waals surface area (Å²) in [5, 5.41) is 3.29. The third-order valence-electron chi connectivity index (χ3n) is 6.24. The predicted molar refractivity (Wildman–Crippen MR) is 163 cm³/mol. The van der Waals surface area contributed by atoms with Gasteiger partial charge in [0.15, 0.2) is 0 Å². The second kappa shape index (κ2) is 17.1. The number of fused-ring (bicyclic) bond motifs is 1. The van der Waals surface area contributed by atoms with Gasteiger partial charge in [0.1, 0.15) is 0 Å². The van der Waals surface area contributed by atoms with Gasteiger partial charge in [-0.3, -0.25) is 0 Å². The number of benzene rings is 1. The molecule has 0 radical (unpaired) electrons. The number of nitrogens with zero attached hydrogens (tertiary/aromatic N) is 1. The molecular formula is C34H48N2. The Balaban J connectivity index is 0.000000617. The van der Waals surface area contributed by atoms with E-state index in [1.165, 1.54) is 34.3 Å². The van der Waals surface area contributed by atoms with Crippen LogP contribution in [0.4, 0.5) is 0 Å². The molecule has 1 fully saturated rings. The number of hydrogen-bond donors (Lipinski definition) is 1. The summed E-state index contributed by atoms with van der Waals surface area (Å²) in [6.45, 7) is 34.9. The average molecular weight is 485 g/mol. The summed E-state index contributed by atoms with van der Waals surface area (Å²) in [6.07, 6.45) is 17.4. The second-order valence-corrected chi connectivity index (χ2v) is 8.33. The summed E-state index contributed by atoms with van der Waals surface area (Å²) >= 11 is 0. The normalized spacial score (nSPS) is 17.4. The third-order valence-corrected chi connectivity index (χ3v) is 6.24. The van der Waals surface area contributed by atoms with Crippen LogP contribution < -0.4 is 5.32 Å². The quantitative estimate of drug-likeness (QED) is 0.338. The minimum atomic E-state index is 0.325. The van der Waals surface area contributed by atoms with E-state index in [9.17, 15) is 0 Å². The highest BCUT2D eigenvalue weighted by atomic mass is 15.2. The van der Waals surface area contributed by atoms with E-state index in [0.717, 1.165) is 54.9 Å². The molecule has 1 N–H and O–H groups in total. The van der Waals surface area contributed by atoms with Crippen molar-refractivity contribution in [1.29, 1.82) is 0 Å². The van der Waals surface area contributed by atoms with Crippen molar-refractivity contribution in [2.75, 3.05) is 0 Å². The monoisotopic (exact) mass is 484 g/mol. The zero-order valence-electron chi connectivity index (χ0n) is 23.6. The number of piperidine rings is 1. The Morgan fingerprint density at radius 2 is 1.67 bits per heavy atom. The van der Waals surface area contributed by atoms with Gasteiger partial charge in [-0.1, -0.05) is 103 Å². The molecule has 0 bridgehead atoms. The predicted octanol–water partition coefficient (Wildman–Crippen LogP) is 9.26. The van der Waals surface area contributed by atoms with Crippen molar-refractivity contribution in [3.05, 3.63) is 115 Å². The molecule has 1 unspecified atom stereocenters. The van der Waals surface area contributed by atoms with Crippen LogP contribution in [0.1, 0.15) is 76.5 Å². The summed E-state index contributed by atoms with van der Waals surface area (Å²) < 4.78 is 0. The van der Waals surface area contributed by atoms with Crippen LogP contribution in [0, 0.1) is 19.8 Å². The molecule has 4 rings (SSSR count). The van der Waals surface area contributed by atoms with Gasteiger partial charge in [-0.25, -0.2) is 0 Å². The van der Waals surface area contributed by atoms with Crippen LogP contribution in [0.3, 0.4) is 0 Å². The van der Waals surface area contributed by atoms with Crippen molar-refractivity contribution < 1.29 is 0 Å². The molecule has 0 saturated carbocycles. The Morgan fingerprint density at radius 3 is 2.22 bits per heavy atom. The highest BCUT2D eigenvalue weighted by molar-refractivity contribution is 5.70. The summed E-state index contributed by atoms with van der Waals surface area (Å²) in [5.74, 6) is 0. The maximum absolute atomic E-state index is 4.27. The molecule has 1 aromatic carbocycles. The number of allylic oxidation sites excluding steroid dienone is 6. The van der Waals surface area contributed by atoms with E-state index in [2.05, 4.69) is 87.7 Å². The number of nitrogens with one attached hydrogen (secondary N) is 1. The zero-order valence-corrected chi connectivity index (χ0v) is 23.6. The van der Waals surface area contributed by atoms with Crippen molar-refractivity contribution in [3.8, 4) is 12.8 Å². The molecule has 1 saturated heterocycles. The summed E-state index contributed by atoms with van der Waals surface area (Å²) in [7, 11) is 0. The van der Waals surface area contributed by atoms with Crippen molar-refractivity contribution in [1.82, 2.24) is 10.2 Å². The topological polar surface area (TPSA) is 15.3 Å². The Bertz CT molecular complexity index is 999. The highest BCUT2D eigenvalue weighted by Crippen LogP contribution is 2.37. The smallest absolute Gasteiger partial charge is 0.0693 e. The summed E-state index contributed by atoms with van der Waals surface area (Å²) in [5.41, 5.74) is 11.0. The molecule has 1 aromatic rings. The molecule has 36 heavy (non-hydrogen) atoms. The molecule has 194 valence electrons. The SMILES string of the molecule is C#C.C=C1CCC(N2Cc3cc(C)ccc3C2=C)C(=C)N1.C=CC(=C)C1=C(C=C)CCC1.CC.CC. The first-order valence-electron chi connectivity index (χ1n) is 13.0. The van der Waals surface area contributed by atoms with E-state index in [-0.39, 0.29) is 0 Å². The van der Waals surface area contributed by atoms with Crippen LogP contribution in [0.15, 0.2) is 97.9 Å². The lowest BCUT2D eigenvalue weighted by Crippen LogP contribution is -2.39. The Morgan fingerprint density at radius 1 is 1.03 bits per heavy atom. The van der Waals surface area contributed by atoms with Gasteiger partial charge in [0.2, 0.25) is 0 Å². The van der Waals surface area contributed by atoms with Gasteiger partial charge < -0.3 is 10.2 Å². The third kappa shape index (κ3) is 8.35. The second-order valence-electron chi connectivity index (χ2n) is 8.33. The van der Waals surface area contributed by atoms with Gasteiger partial charge in [0, 0.05) is 29.2 Å². The fourth-order valence-electron chi connectivity index (χ4n) is 4.55. The van der Waals surface area contributed by atoms with Crippen LogP contribution in [0.25, 0.3) is 5.70 Å². The largest absolute Gasteiger partial charge is 0.362 e. The number of rotatable bonds is 4. The molecule has 2 aliphatic heterocycles. The van der Waals surface area contributed by atoms with E-state index in [0.29, 0.717) is 6.04 Å². The van der Waals surface area contributed by atoms with Crippen molar-refractivity contribution in [3.63, 3.8) is 0 Å². The average Bonchev–Trinajstić information content (AvgIpc) is 3.52. The Labute approximate surface area is 222 Å². The van der Waals surface area contributed by atoms with Gasteiger partial charge in [-0.2, -0.15) is 0 Å². The summed E-state index contributed by atoms with van der Waals surface area (Å²) in [4.78, 5) is 2.37. The lowest BCUT2D eigenvalue weighted by atomic mass is 10.0. The van der Waals surface area contributed by atoms with Crippen LogP contribution in [-0.4, -0.2) is 10.9 Å². The van der Waals surface area contributed by atoms with Crippen LogP contribution in [-0.2, 0) is 6.54 Å². The molecule has 0 aromatic heterocycles. The van der Waals surface area contributed by atoms with Gasteiger partial charge in [-0.15, -0.1) is 12.8 Å². The first-order chi connectivity index (χ1) is 17.3. The Kier molecular flexibility index (Phi) is 15.4. The molecule has 1 atom stereocenters. The number of aryl methyl sites for hydroxylation is 1. The van der Waals surface area contributed by atoms with Crippen molar-refractivity contribution in [2.45, 2.75) is 79.3 Å². The maximum atomic E-state index is 4.27. The molecule has 2 heteroatoms. The van der Waals surface area contributed by atoms with Crippen LogP contribution in [0.2, 0.25) is 0 Å². The lowest BCUT2D eigenvalue weighted by Gasteiger charge is -2.36. The van der Waals surface area contributed by atoms with E-state index in [1.54, 1.807) is 0 Å². The van der Waals surface area contributed by atoms with Gasteiger partial charge in [0.25, 0.3) is 0 Å². The molecule has 0 spiro atoms. The highest BCUT2D eigenvalue weighted by Gasteiger charge is 2.31. The molecule has 2 nitrogen and oxygen atoms in total. The molecular weight excluding hydrogens is 436 g/mol. The maximum Gasteiger partial charge on any atom is 0.0693 e. The molecule has 3 aliphatic rings. The van der Waals surface area contributed by atoms with Crippen molar-refractivity contribution >= 4 is 5.70 Å². The molecule has 1 aliphatic carbocycles. The number of hydrogen-bond acceptors (Lipinski definition) is 2. The van der Waals surface area contributed by atoms with E-state index < -0.39 is 0 Å². The number of terminal acetylenes is 1. The standard InChI is InChI=1S/C17H20N2.C11H14.2C2H6.C2H2/c1-11-5-7-16-14(4)19(10-15(16)9-11)17-8-6-12(2)18-13(17)3;1-4-9(3)11-8-6-7-10(11)5-2;3*1-2/h5,7,9,17-18H,2-4,6,8,10H2,1H3;4-5H,1-3,6-8H2;2*1-2H3;1-2H. The zero-order chi connectivity index (χ0) is 27.8. The molecule has 2 heterocycles. The van der Waals surface area contributed by atoms with E-state index >= 15 is 0 Å². The van der Waals surface area contributed by atoms with Crippen LogP contribution in [0.5, 0.6) is 0 Å². The van der Waals surface area contributed by atoms with Gasteiger partial charge in [-0.05, 0) is 61.3 Å². The first kappa shape index (κ1) is 32.6. The van der Waals surface area contributed by atoms with E-state index in [4.69, 9.17) is 0 Å². The van der Waals surface area contributed by atoms with Crippen molar-refractivity contribution in [2.24, 2.45) is 0 Å².